The summed E-state index contributed by atoms with van der Waals surface area (Å²) in [5.74, 6) is -0.517. The molecule has 1 N–H and O–H groups in total. The third kappa shape index (κ3) is 3.81. The number of hydrogen-bond acceptors (Lipinski definition) is 2. The third-order valence-electron chi connectivity index (χ3n) is 2.51. The fourth-order valence-corrected chi connectivity index (χ4v) is 3.07. The number of thioether (sulfide) groups is 1. The van der Waals surface area contributed by atoms with Gasteiger partial charge in [0.25, 0.3) is 0 Å². The second kappa shape index (κ2) is 6.21. The van der Waals surface area contributed by atoms with Crippen LogP contribution in [-0.4, -0.2) is 11.1 Å². The van der Waals surface area contributed by atoms with Gasteiger partial charge in [-0.25, -0.2) is 9.18 Å². The standard InChI is InChI=1S/C14H10BrFO2S/c15-13-7-11(16)4-1-10(13)8-19-12-5-2-9(3-6-12)14(17)18/h1-7H,8H2,(H,17,18). The van der Waals surface area contributed by atoms with Gasteiger partial charge in [0.1, 0.15) is 5.82 Å². The van der Waals surface area contributed by atoms with Gasteiger partial charge in [-0.2, -0.15) is 0 Å². The molecule has 0 atom stereocenters. The maximum Gasteiger partial charge on any atom is 0.335 e. The van der Waals surface area contributed by atoms with Crippen molar-refractivity contribution in [1.82, 2.24) is 0 Å². The van der Waals surface area contributed by atoms with E-state index in [4.69, 9.17) is 5.11 Å². The van der Waals surface area contributed by atoms with E-state index in [2.05, 4.69) is 15.9 Å². The predicted octanol–water partition coefficient (Wildman–Crippen LogP) is 4.58. The van der Waals surface area contributed by atoms with Crippen molar-refractivity contribution in [3.05, 3.63) is 63.9 Å². The van der Waals surface area contributed by atoms with Crippen LogP contribution in [0.2, 0.25) is 0 Å². The maximum atomic E-state index is 12.9. The molecule has 0 spiro atoms. The number of carboxylic acid groups (broad SMARTS) is 1. The summed E-state index contributed by atoms with van der Waals surface area (Å²) >= 11 is 4.89. The van der Waals surface area contributed by atoms with Gasteiger partial charge >= 0.3 is 5.97 Å². The van der Waals surface area contributed by atoms with E-state index in [-0.39, 0.29) is 11.4 Å². The Balaban J connectivity index is 2.04. The van der Waals surface area contributed by atoms with Gasteiger partial charge in [0, 0.05) is 15.1 Å². The minimum Gasteiger partial charge on any atom is -0.478 e. The number of carbonyl (C=O) groups is 1. The molecule has 5 heteroatoms. The highest BCUT2D eigenvalue weighted by Crippen LogP contribution is 2.27. The molecule has 0 aliphatic carbocycles. The Bertz CT molecular complexity index is 599. The third-order valence-corrected chi connectivity index (χ3v) is 4.31. The van der Waals surface area contributed by atoms with Gasteiger partial charge in [-0.05, 0) is 42.0 Å². The minimum atomic E-state index is -0.933. The van der Waals surface area contributed by atoms with Crippen LogP contribution in [0.15, 0.2) is 51.8 Å². The fraction of sp³-hybridized carbons (Fsp3) is 0.0714. The van der Waals surface area contributed by atoms with Crippen molar-refractivity contribution in [2.24, 2.45) is 0 Å². The van der Waals surface area contributed by atoms with E-state index in [0.29, 0.717) is 5.75 Å². The topological polar surface area (TPSA) is 37.3 Å². The summed E-state index contributed by atoms with van der Waals surface area (Å²) in [4.78, 5) is 11.7. The quantitative estimate of drug-likeness (QED) is 0.827. The first-order valence-electron chi connectivity index (χ1n) is 5.46. The molecule has 0 aliphatic rings. The molecule has 0 bridgehead atoms. The molecule has 0 fully saturated rings. The summed E-state index contributed by atoms with van der Waals surface area (Å²) in [7, 11) is 0. The second-order valence-corrected chi connectivity index (χ2v) is 5.76. The van der Waals surface area contributed by atoms with Gasteiger partial charge in [-0.3, -0.25) is 0 Å². The molecule has 0 heterocycles. The number of rotatable bonds is 4. The van der Waals surface area contributed by atoms with Gasteiger partial charge in [-0.1, -0.05) is 22.0 Å². The molecule has 0 saturated carbocycles. The van der Waals surface area contributed by atoms with E-state index in [9.17, 15) is 9.18 Å². The van der Waals surface area contributed by atoms with E-state index in [1.807, 2.05) is 0 Å². The minimum absolute atomic E-state index is 0.271. The van der Waals surface area contributed by atoms with Crippen molar-refractivity contribution in [3.63, 3.8) is 0 Å². The molecule has 2 nitrogen and oxygen atoms in total. The largest absolute Gasteiger partial charge is 0.478 e. The molecule has 0 saturated heterocycles. The highest BCUT2D eigenvalue weighted by molar-refractivity contribution is 9.10. The Labute approximate surface area is 122 Å². The van der Waals surface area contributed by atoms with Crippen molar-refractivity contribution >= 4 is 33.7 Å². The highest BCUT2D eigenvalue weighted by Gasteiger charge is 2.04. The van der Waals surface area contributed by atoms with E-state index in [1.165, 1.54) is 12.1 Å². The van der Waals surface area contributed by atoms with Gasteiger partial charge < -0.3 is 5.11 Å². The molecule has 2 rings (SSSR count). The van der Waals surface area contributed by atoms with Crippen molar-refractivity contribution in [2.45, 2.75) is 10.6 Å². The summed E-state index contributed by atoms with van der Waals surface area (Å²) in [5, 5.41) is 8.80. The van der Waals surface area contributed by atoms with E-state index in [1.54, 1.807) is 42.1 Å². The van der Waals surface area contributed by atoms with Gasteiger partial charge in [0.15, 0.2) is 0 Å². The summed E-state index contributed by atoms with van der Waals surface area (Å²) in [6.45, 7) is 0. The Morgan fingerprint density at radius 2 is 1.89 bits per heavy atom. The second-order valence-electron chi connectivity index (χ2n) is 3.85. The van der Waals surface area contributed by atoms with Crippen molar-refractivity contribution in [1.29, 1.82) is 0 Å². The van der Waals surface area contributed by atoms with Gasteiger partial charge in [-0.15, -0.1) is 11.8 Å². The first kappa shape index (κ1) is 14.1. The van der Waals surface area contributed by atoms with Crippen molar-refractivity contribution < 1.29 is 14.3 Å². The normalized spacial score (nSPS) is 10.4. The lowest BCUT2D eigenvalue weighted by Gasteiger charge is -2.05. The number of aromatic carboxylic acids is 1. The van der Waals surface area contributed by atoms with Crippen LogP contribution in [0.4, 0.5) is 4.39 Å². The predicted molar refractivity (Wildman–Crippen MR) is 77.1 cm³/mol. The van der Waals surface area contributed by atoms with Gasteiger partial charge in [0.05, 0.1) is 5.56 Å². The maximum absolute atomic E-state index is 12.9. The molecular formula is C14H10BrFO2S. The summed E-state index contributed by atoms with van der Waals surface area (Å²) in [6, 6.07) is 11.3. The molecule has 2 aromatic carbocycles. The molecule has 19 heavy (non-hydrogen) atoms. The Hall–Kier alpha value is -1.33. The Kier molecular flexibility index (Phi) is 4.61. The van der Waals surface area contributed by atoms with Crippen LogP contribution in [0.1, 0.15) is 15.9 Å². The number of halogens is 2. The highest BCUT2D eigenvalue weighted by atomic mass is 79.9. The Morgan fingerprint density at radius 1 is 1.21 bits per heavy atom. The van der Waals surface area contributed by atoms with Gasteiger partial charge in [0.2, 0.25) is 0 Å². The van der Waals surface area contributed by atoms with Crippen LogP contribution in [0.3, 0.4) is 0 Å². The molecule has 0 aromatic heterocycles. The molecule has 0 aliphatic heterocycles. The molecular weight excluding hydrogens is 331 g/mol. The summed E-state index contributed by atoms with van der Waals surface area (Å²) in [5.41, 5.74) is 1.26. The van der Waals surface area contributed by atoms with Crippen molar-refractivity contribution in [3.8, 4) is 0 Å². The zero-order chi connectivity index (χ0) is 13.8. The smallest absolute Gasteiger partial charge is 0.335 e. The number of benzene rings is 2. The summed E-state index contributed by atoms with van der Waals surface area (Å²) < 4.78 is 13.7. The van der Waals surface area contributed by atoms with Crippen LogP contribution in [0.25, 0.3) is 0 Å². The van der Waals surface area contributed by atoms with E-state index in [0.717, 1.165) is 14.9 Å². The van der Waals surface area contributed by atoms with E-state index < -0.39 is 5.97 Å². The number of carboxylic acids is 1. The monoisotopic (exact) mass is 340 g/mol. The first-order chi connectivity index (χ1) is 9.06. The average Bonchev–Trinajstić information content (AvgIpc) is 2.38. The zero-order valence-corrected chi connectivity index (χ0v) is 12.2. The molecule has 98 valence electrons. The molecule has 0 amide bonds. The lowest BCUT2D eigenvalue weighted by atomic mass is 10.2. The lowest BCUT2D eigenvalue weighted by molar-refractivity contribution is 0.0697. The molecule has 2 aromatic rings. The number of hydrogen-bond donors (Lipinski definition) is 1. The molecule has 0 radical (unpaired) electrons. The van der Waals surface area contributed by atoms with Crippen LogP contribution < -0.4 is 0 Å². The Morgan fingerprint density at radius 3 is 2.47 bits per heavy atom. The molecule has 0 unspecified atom stereocenters. The van der Waals surface area contributed by atoms with Crippen LogP contribution >= 0.6 is 27.7 Å². The van der Waals surface area contributed by atoms with Crippen LogP contribution in [0, 0.1) is 5.82 Å². The lowest BCUT2D eigenvalue weighted by Crippen LogP contribution is -1.94. The summed E-state index contributed by atoms with van der Waals surface area (Å²) in [6.07, 6.45) is 0. The van der Waals surface area contributed by atoms with Crippen LogP contribution in [0.5, 0.6) is 0 Å². The fourth-order valence-electron chi connectivity index (χ4n) is 1.49. The van der Waals surface area contributed by atoms with E-state index >= 15 is 0 Å². The average molecular weight is 341 g/mol. The van der Waals surface area contributed by atoms with Crippen LogP contribution in [-0.2, 0) is 5.75 Å². The SMILES string of the molecule is O=C(O)c1ccc(SCc2ccc(F)cc2Br)cc1. The van der Waals surface area contributed by atoms with Crippen molar-refractivity contribution in [2.75, 3.05) is 0 Å². The zero-order valence-electron chi connectivity index (χ0n) is 9.77. The first-order valence-corrected chi connectivity index (χ1v) is 7.24.